The number of rotatable bonds is 2. The minimum Gasteiger partial charge on any atom is -0.479 e. The second-order valence-electron chi connectivity index (χ2n) is 5.56. The standard InChI is InChI=1S/C13H21NO4/c1-9(13(2,3)4)7-11(15)14-5-6-18-10(8-14)12(16)17/h7,10H,5-6,8H2,1-4H3,(H,16,17)/b9-7-/t10-/m1/s1. The Bertz CT molecular complexity index is 368. The number of nitrogens with zero attached hydrogens (tertiary/aromatic N) is 1. The molecule has 0 aromatic heterocycles. The van der Waals surface area contributed by atoms with E-state index in [1.54, 1.807) is 6.08 Å². The summed E-state index contributed by atoms with van der Waals surface area (Å²) in [4.78, 5) is 24.4. The molecule has 1 aliphatic rings. The lowest BCUT2D eigenvalue weighted by Crippen LogP contribution is -2.48. The molecule has 0 aromatic rings. The van der Waals surface area contributed by atoms with E-state index in [-0.39, 0.29) is 24.5 Å². The van der Waals surface area contributed by atoms with Crippen molar-refractivity contribution in [2.75, 3.05) is 19.7 Å². The predicted octanol–water partition coefficient (Wildman–Crippen LogP) is 1.29. The number of carboxylic acids is 1. The summed E-state index contributed by atoms with van der Waals surface area (Å²) in [5, 5.41) is 8.87. The number of carbonyl (C=O) groups excluding carboxylic acids is 1. The summed E-state index contributed by atoms with van der Waals surface area (Å²) in [5.41, 5.74) is 0.916. The van der Waals surface area contributed by atoms with Crippen LogP contribution in [0.25, 0.3) is 0 Å². The fourth-order valence-electron chi connectivity index (χ4n) is 1.49. The predicted molar refractivity (Wildman–Crippen MR) is 67.2 cm³/mol. The van der Waals surface area contributed by atoms with Crippen molar-refractivity contribution < 1.29 is 19.4 Å². The van der Waals surface area contributed by atoms with Crippen LogP contribution in [0.1, 0.15) is 27.7 Å². The Morgan fingerprint density at radius 1 is 1.39 bits per heavy atom. The van der Waals surface area contributed by atoms with Crippen LogP contribution in [0.4, 0.5) is 0 Å². The third-order valence-electron chi connectivity index (χ3n) is 3.18. The first kappa shape index (κ1) is 14.7. The van der Waals surface area contributed by atoms with Gasteiger partial charge >= 0.3 is 5.97 Å². The highest BCUT2D eigenvalue weighted by molar-refractivity contribution is 5.89. The molecule has 0 radical (unpaired) electrons. The molecule has 1 aliphatic heterocycles. The first-order chi connectivity index (χ1) is 8.21. The molecular weight excluding hydrogens is 234 g/mol. The van der Waals surface area contributed by atoms with Gasteiger partial charge in [0.2, 0.25) is 5.91 Å². The van der Waals surface area contributed by atoms with Crippen molar-refractivity contribution in [3.63, 3.8) is 0 Å². The fourth-order valence-corrected chi connectivity index (χ4v) is 1.49. The van der Waals surface area contributed by atoms with Crippen LogP contribution in [0, 0.1) is 5.41 Å². The number of carboxylic acid groups (broad SMARTS) is 1. The molecule has 0 unspecified atom stereocenters. The van der Waals surface area contributed by atoms with Crippen molar-refractivity contribution in [3.05, 3.63) is 11.6 Å². The van der Waals surface area contributed by atoms with Gasteiger partial charge in [0.25, 0.3) is 0 Å². The average molecular weight is 255 g/mol. The third kappa shape index (κ3) is 3.84. The van der Waals surface area contributed by atoms with Crippen molar-refractivity contribution in [1.82, 2.24) is 4.90 Å². The van der Waals surface area contributed by atoms with Gasteiger partial charge in [0, 0.05) is 12.6 Å². The fraction of sp³-hybridized carbons (Fsp3) is 0.692. The zero-order valence-corrected chi connectivity index (χ0v) is 11.4. The molecule has 1 N–H and O–H groups in total. The van der Waals surface area contributed by atoms with E-state index in [0.29, 0.717) is 6.54 Å². The molecule has 18 heavy (non-hydrogen) atoms. The summed E-state index contributed by atoms with van der Waals surface area (Å²) in [5.74, 6) is -1.17. The van der Waals surface area contributed by atoms with E-state index in [1.165, 1.54) is 4.90 Å². The van der Waals surface area contributed by atoms with Gasteiger partial charge < -0.3 is 14.7 Å². The number of hydrogen-bond acceptors (Lipinski definition) is 3. The van der Waals surface area contributed by atoms with Gasteiger partial charge in [-0.25, -0.2) is 4.79 Å². The van der Waals surface area contributed by atoms with Crippen molar-refractivity contribution >= 4 is 11.9 Å². The Hall–Kier alpha value is -1.36. The van der Waals surface area contributed by atoms with Gasteiger partial charge in [0.1, 0.15) is 0 Å². The molecule has 0 aromatic carbocycles. The number of hydrogen-bond donors (Lipinski definition) is 1. The summed E-state index contributed by atoms with van der Waals surface area (Å²) in [7, 11) is 0. The zero-order chi connectivity index (χ0) is 13.9. The Morgan fingerprint density at radius 2 is 2.00 bits per heavy atom. The highest BCUT2D eigenvalue weighted by Crippen LogP contribution is 2.24. The van der Waals surface area contributed by atoms with E-state index in [2.05, 4.69) is 0 Å². The van der Waals surface area contributed by atoms with Crippen molar-refractivity contribution in [2.24, 2.45) is 5.41 Å². The van der Waals surface area contributed by atoms with E-state index >= 15 is 0 Å². The Kier molecular flexibility index (Phi) is 4.51. The maximum atomic E-state index is 12.0. The molecule has 1 fully saturated rings. The zero-order valence-electron chi connectivity index (χ0n) is 11.4. The molecule has 0 spiro atoms. The van der Waals surface area contributed by atoms with Crippen LogP contribution in [0.3, 0.4) is 0 Å². The minimum atomic E-state index is -1.02. The highest BCUT2D eigenvalue weighted by atomic mass is 16.5. The Balaban J connectivity index is 2.70. The lowest BCUT2D eigenvalue weighted by molar-refractivity contribution is -0.158. The molecule has 1 heterocycles. The summed E-state index contributed by atoms with van der Waals surface area (Å²) < 4.78 is 5.08. The van der Waals surface area contributed by atoms with Crippen LogP contribution in [0.5, 0.6) is 0 Å². The normalized spacial score (nSPS) is 21.9. The molecule has 1 atom stereocenters. The van der Waals surface area contributed by atoms with Crippen LogP contribution < -0.4 is 0 Å². The molecule has 1 rings (SSSR count). The number of amides is 1. The SMILES string of the molecule is C/C(=C/C(=O)N1CCO[C@@H](C(=O)O)C1)C(C)(C)C. The van der Waals surface area contributed by atoms with Crippen LogP contribution in [-0.2, 0) is 14.3 Å². The van der Waals surface area contributed by atoms with Gasteiger partial charge in [-0.15, -0.1) is 0 Å². The maximum Gasteiger partial charge on any atom is 0.334 e. The van der Waals surface area contributed by atoms with Crippen LogP contribution in [0.2, 0.25) is 0 Å². The van der Waals surface area contributed by atoms with Gasteiger partial charge in [-0.05, 0) is 12.3 Å². The van der Waals surface area contributed by atoms with Crippen molar-refractivity contribution in [3.8, 4) is 0 Å². The summed E-state index contributed by atoms with van der Waals surface area (Å²) in [6, 6.07) is 0. The number of carbonyl (C=O) groups is 2. The molecular formula is C13H21NO4. The first-order valence-electron chi connectivity index (χ1n) is 6.04. The van der Waals surface area contributed by atoms with Crippen LogP contribution >= 0.6 is 0 Å². The van der Waals surface area contributed by atoms with E-state index < -0.39 is 12.1 Å². The van der Waals surface area contributed by atoms with Crippen LogP contribution in [0.15, 0.2) is 11.6 Å². The molecule has 102 valence electrons. The topological polar surface area (TPSA) is 66.8 Å². The van der Waals surface area contributed by atoms with Gasteiger partial charge in [-0.3, -0.25) is 4.79 Å². The van der Waals surface area contributed by atoms with Gasteiger partial charge in [-0.1, -0.05) is 26.3 Å². The van der Waals surface area contributed by atoms with Gasteiger partial charge in [0.15, 0.2) is 6.10 Å². The third-order valence-corrected chi connectivity index (χ3v) is 3.18. The molecule has 1 saturated heterocycles. The van der Waals surface area contributed by atoms with E-state index in [9.17, 15) is 9.59 Å². The molecule has 5 nitrogen and oxygen atoms in total. The Morgan fingerprint density at radius 3 is 2.50 bits per heavy atom. The molecule has 1 amide bonds. The van der Waals surface area contributed by atoms with Crippen LogP contribution in [-0.4, -0.2) is 47.7 Å². The summed E-state index contributed by atoms with van der Waals surface area (Å²) in [6.45, 7) is 8.83. The van der Waals surface area contributed by atoms with Crippen molar-refractivity contribution in [1.29, 1.82) is 0 Å². The second kappa shape index (κ2) is 5.52. The quantitative estimate of drug-likeness (QED) is 0.755. The Labute approximate surface area is 107 Å². The molecule has 5 heteroatoms. The van der Waals surface area contributed by atoms with Crippen molar-refractivity contribution in [2.45, 2.75) is 33.8 Å². The number of ether oxygens (including phenoxy) is 1. The largest absolute Gasteiger partial charge is 0.479 e. The summed E-state index contributed by atoms with van der Waals surface area (Å²) in [6.07, 6.45) is 0.676. The average Bonchev–Trinajstić information content (AvgIpc) is 2.27. The number of morpholine rings is 1. The molecule has 0 bridgehead atoms. The smallest absolute Gasteiger partial charge is 0.334 e. The maximum absolute atomic E-state index is 12.0. The van der Waals surface area contributed by atoms with E-state index in [4.69, 9.17) is 9.84 Å². The van der Waals surface area contributed by atoms with Gasteiger partial charge in [0.05, 0.1) is 13.2 Å². The minimum absolute atomic E-state index is 0.0614. The number of aliphatic carboxylic acids is 1. The molecule has 0 saturated carbocycles. The lowest BCUT2D eigenvalue weighted by Gasteiger charge is -2.30. The first-order valence-corrected chi connectivity index (χ1v) is 6.04. The summed E-state index contributed by atoms with van der Waals surface area (Å²) >= 11 is 0. The van der Waals surface area contributed by atoms with Gasteiger partial charge in [-0.2, -0.15) is 0 Å². The van der Waals surface area contributed by atoms with E-state index in [0.717, 1.165) is 5.57 Å². The lowest BCUT2D eigenvalue weighted by atomic mass is 9.87. The second-order valence-corrected chi connectivity index (χ2v) is 5.56. The van der Waals surface area contributed by atoms with E-state index in [1.807, 2.05) is 27.7 Å². The monoisotopic (exact) mass is 255 g/mol. The highest BCUT2D eigenvalue weighted by Gasteiger charge is 2.28. The molecule has 0 aliphatic carbocycles. The number of allylic oxidation sites excluding steroid dienone is 1.